The summed E-state index contributed by atoms with van der Waals surface area (Å²) >= 11 is 0. The van der Waals surface area contributed by atoms with E-state index in [1.54, 1.807) is 24.3 Å². The van der Waals surface area contributed by atoms with Gasteiger partial charge >= 0.3 is 5.97 Å². The molecule has 1 aliphatic heterocycles. The van der Waals surface area contributed by atoms with E-state index >= 15 is 0 Å². The van der Waals surface area contributed by atoms with Crippen LogP contribution in [-0.4, -0.2) is 61.7 Å². The molecule has 1 fully saturated rings. The van der Waals surface area contributed by atoms with Gasteiger partial charge in [0.25, 0.3) is 0 Å². The molecule has 0 bridgehead atoms. The van der Waals surface area contributed by atoms with Crippen LogP contribution in [0, 0.1) is 0 Å². The minimum atomic E-state index is -3.37. The van der Waals surface area contributed by atoms with Gasteiger partial charge in [-0.15, -0.1) is 0 Å². The van der Waals surface area contributed by atoms with Crippen molar-refractivity contribution in [2.45, 2.75) is 25.3 Å². The molecule has 25 heavy (non-hydrogen) atoms. The highest BCUT2D eigenvalue weighted by molar-refractivity contribution is 7.88. The van der Waals surface area contributed by atoms with Gasteiger partial charge in [0.1, 0.15) is 11.8 Å². The minimum absolute atomic E-state index is 0.274. The van der Waals surface area contributed by atoms with E-state index in [1.807, 2.05) is 0 Å². The first-order chi connectivity index (χ1) is 11.8. The number of amides is 1. The lowest BCUT2D eigenvalue weighted by Gasteiger charge is -2.21. The first-order valence-corrected chi connectivity index (χ1v) is 9.80. The van der Waals surface area contributed by atoms with Gasteiger partial charge in [0.15, 0.2) is 6.61 Å². The van der Waals surface area contributed by atoms with Crippen molar-refractivity contribution in [3.63, 3.8) is 0 Å². The van der Waals surface area contributed by atoms with Crippen LogP contribution in [0.25, 0.3) is 0 Å². The van der Waals surface area contributed by atoms with Gasteiger partial charge in [0.2, 0.25) is 15.9 Å². The molecule has 2 N–H and O–H groups in total. The van der Waals surface area contributed by atoms with Crippen LogP contribution in [0.5, 0.6) is 5.75 Å². The Balaban J connectivity index is 1.80. The molecule has 1 heterocycles. The lowest BCUT2D eigenvalue weighted by Crippen LogP contribution is -2.45. The fraction of sp³-hybridized carbons (Fsp3) is 0.500. The normalized spacial score (nSPS) is 18.0. The fourth-order valence-corrected chi connectivity index (χ4v) is 3.87. The molecule has 8 nitrogen and oxygen atoms in total. The van der Waals surface area contributed by atoms with E-state index in [4.69, 9.17) is 9.84 Å². The first-order valence-electron chi connectivity index (χ1n) is 7.95. The number of benzene rings is 1. The Morgan fingerprint density at radius 3 is 2.60 bits per heavy atom. The predicted octanol–water partition coefficient (Wildman–Crippen LogP) is 0.233. The smallest absolute Gasteiger partial charge is 0.341 e. The molecule has 1 aliphatic rings. The van der Waals surface area contributed by atoms with Gasteiger partial charge in [-0.25, -0.2) is 13.2 Å². The van der Waals surface area contributed by atoms with Gasteiger partial charge in [-0.05, 0) is 37.0 Å². The standard InChI is InChI=1S/C16H22N2O6S/c1-25(22,23)18-10-2-3-14(18)16(21)17-9-8-12-4-6-13(7-5-12)24-11-15(19)20/h4-7,14H,2-3,8-11H2,1H3,(H,17,21)(H,19,20)/t14-/m1/s1. The number of nitrogens with one attached hydrogen (secondary N) is 1. The number of nitrogens with zero attached hydrogens (tertiary/aromatic N) is 1. The van der Waals surface area contributed by atoms with Gasteiger partial charge in [0, 0.05) is 13.1 Å². The summed E-state index contributed by atoms with van der Waals surface area (Å²) in [6.07, 6.45) is 2.92. The summed E-state index contributed by atoms with van der Waals surface area (Å²) in [5.74, 6) is -0.851. The van der Waals surface area contributed by atoms with Crippen molar-refractivity contribution in [3.05, 3.63) is 29.8 Å². The van der Waals surface area contributed by atoms with Gasteiger partial charge < -0.3 is 15.2 Å². The van der Waals surface area contributed by atoms with E-state index in [9.17, 15) is 18.0 Å². The third-order valence-corrected chi connectivity index (χ3v) is 5.22. The Hall–Kier alpha value is -2.13. The van der Waals surface area contributed by atoms with E-state index in [0.717, 1.165) is 11.8 Å². The third kappa shape index (κ3) is 5.71. The van der Waals surface area contributed by atoms with Crippen LogP contribution >= 0.6 is 0 Å². The number of sulfonamides is 1. The maximum absolute atomic E-state index is 12.2. The number of carboxylic acid groups (broad SMARTS) is 1. The number of aliphatic carboxylic acids is 1. The summed E-state index contributed by atoms with van der Waals surface area (Å²) in [5, 5.41) is 11.3. The van der Waals surface area contributed by atoms with Crippen LogP contribution in [0.3, 0.4) is 0 Å². The van der Waals surface area contributed by atoms with Crippen LogP contribution in [0.2, 0.25) is 0 Å². The molecular formula is C16H22N2O6S. The van der Waals surface area contributed by atoms with Crippen LogP contribution in [0.15, 0.2) is 24.3 Å². The highest BCUT2D eigenvalue weighted by atomic mass is 32.2. The second-order valence-corrected chi connectivity index (χ2v) is 7.83. The average Bonchev–Trinajstić information content (AvgIpc) is 3.04. The van der Waals surface area contributed by atoms with Crippen LogP contribution in [0.4, 0.5) is 0 Å². The second-order valence-electron chi connectivity index (χ2n) is 5.90. The zero-order valence-electron chi connectivity index (χ0n) is 14.0. The molecule has 0 unspecified atom stereocenters. The van der Waals surface area contributed by atoms with E-state index in [2.05, 4.69) is 5.32 Å². The Kier molecular flexibility index (Phi) is 6.38. The van der Waals surface area contributed by atoms with Crippen molar-refractivity contribution in [3.8, 4) is 5.75 Å². The fourth-order valence-electron chi connectivity index (χ4n) is 2.74. The Morgan fingerprint density at radius 2 is 2.00 bits per heavy atom. The lowest BCUT2D eigenvalue weighted by molar-refractivity contribution is -0.139. The largest absolute Gasteiger partial charge is 0.482 e. The predicted molar refractivity (Wildman–Crippen MR) is 90.9 cm³/mol. The molecule has 1 aromatic carbocycles. The van der Waals surface area contributed by atoms with Crippen molar-refractivity contribution >= 4 is 21.9 Å². The number of carbonyl (C=O) groups is 2. The number of hydrogen-bond acceptors (Lipinski definition) is 5. The van der Waals surface area contributed by atoms with E-state index in [0.29, 0.717) is 38.1 Å². The lowest BCUT2D eigenvalue weighted by atomic mass is 10.1. The molecule has 1 atom stereocenters. The van der Waals surface area contributed by atoms with Crippen molar-refractivity contribution in [2.75, 3.05) is 26.0 Å². The highest BCUT2D eigenvalue weighted by Gasteiger charge is 2.36. The SMILES string of the molecule is CS(=O)(=O)N1CCC[C@@H]1C(=O)NCCc1ccc(OCC(=O)O)cc1. The minimum Gasteiger partial charge on any atom is -0.482 e. The Morgan fingerprint density at radius 1 is 1.32 bits per heavy atom. The molecule has 0 spiro atoms. The molecule has 1 aromatic rings. The molecule has 2 rings (SSSR count). The average molecular weight is 370 g/mol. The summed E-state index contributed by atoms with van der Waals surface area (Å²) in [6, 6.07) is 6.30. The van der Waals surface area contributed by atoms with Crippen molar-refractivity contribution < 1.29 is 27.9 Å². The van der Waals surface area contributed by atoms with E-state index in [-0.39, 0.29) is 5.91 Å². The second kappa shape index (κ2) is 8.30. The van der Waals surface area contributed by atoms with E-state index < -0.39 is 28.6 Å². The van der Waals surface area contributed by atoms with Gasteiger partial charge in [-0.1, -0.05) is 12.1 Å². The number of carboxylic acids is 1. The summed E-state index contributed by atoms with van der Waals surface area (Å²) in [6.45, 7) is 0.380. The molecule has 138 valence electrons. The molecular weight excluding hydrogens is 348 g/mol. The molecule has 0 saturated carbocycles. The molecule has 0 radical (unpaired) electrons. The zero-order chi connectivity index (χ0) is 18.4. The van der Waals surface area contributed by atoms with Crippen molar-refractivity contribution in [1.29, 1.82) is 0 Å². The topological polar surface area (TPSA) is 113 Å². The zero-order valence-corrected chi connectivity index (χ0v) is 14.8. The van der Waals surface area contributed by atoms with Crippen LogP contribution in [-0.2, 0) is 26.0 Å². The van der Waals surface area contributed by atoms with E-state index in [1.165, 1.54) is 4.31 Å². The van der Waals surface area contributed by atoms with Crippen LogP contribution < -0.4 is 10.1 Å². The van der Waals surface area contributed by atoms with Crippen LogP contribution in [0.1, 0.15) is 18.4 Å². The van der Waals surface area contributed by atoms with Crippen molar-refractivity contribution in [2.24, 2.45) is 0 Å². The number of rotatable bonds is 8. The van der Waals surface area contributed by atoms with Gasteiger partial charge in [-0.3, -0.25) is 4.79 Å². The maximum Gasteiger partial charge on any atom is 0.341 e. The van der Waals surface area contributed by atoms with Crippen molar-refractivity contribution in [1.82, 2.24) is 9.62 Å². The summed E-state index contributed by atoms with van der Waals surface area (Å²) in [7, 11) is -3.37. The summed E-state index contributed by atoms with van der Waals surface area (Å²) in [5.41, 5.74) is 0.953. The molecule has 0 aromatic heterocycles. The number of hydrogen-bond donors (Lipinski definition) is 2. The summed E-state index contributed by atoms with van der Waals surface area (Å²) < 4.78 is 29.6. The molecule has 0 aliphatic carbocycles. The number of ether oxygens (including phenoxy) is 1. The Labute approximate surface area is 146 Å². The first kappa shape index (κ1) is 19.2. The molecule has 1 amide bonds. The third-order valence-electron chi connectivity index (χ3n) is 3.93. The van der Waals surface area contributed by atoms with Gasteiger partial charge in [0.05, 0.1) is 6.26 Å². The van der Waals surface area contributed by atoms with Gasteiger partial charge in [-0.2, -0.15) is 4.31 Å². The summed E-state index contributed by atoms with van der Waals surface area (Å²) in [4.78, 5) is 22.6. The number of carbonyl (C=O) groups excluding carboxylic acids is 1. The molecule has 9 heteroatoms. The molecule has 1 saturated heterocycles. The Bertz CT molecular complexity index is 717. The maximum atomic E-state index is 12.2. The quantitative estimate of drug-likeness (QED) is 0.677. The highest BCUT2D eigenvalue weighted by Crippen LogP contribution is 2.20. The monoisotopic (exact) mass is 370 g/mol.